The predicted octanol–water partition coefficient (Wildman–Crippen LogP) is 1.75. The number of carbonyl (C=O) groups excluding carboxylic acids is 1. The number of hydrogen-bond donors (Lipinski definition) is 1. The number of thioether (sulfide) groups is 1. The molecule has 25 heavy (non-hydrogen) atoms. The zero-order chi connectivity index (χ0) is 17.6. The van der Waals surface area contributed by atoms with Gasteiger partial charge in [0.25, 0.3) is 0 Å². The summed E-state index contributed by atoms with van der Waals surface area (Å²) >= 11 is 1.38. The number of nitrogens with zero attached hydrogens (tertiary/aromatic N) is 4. The first-order chi connectivity index (χ1) is 12.2. The summed E-state index contributed by atoms with van der Waals surface area (Å²) in [5.74, 6) is 1.52. The number of piperidine rings is 1. The third-order valence-corrected chi connectivity index (χ3v) is 5.15. The standard InChI is InChI=1S/C17H21N5O2S/c1-12(23)25-16-7-8-18-10-14(16)9-17-19-20-21-22(17)11-13-3-5-15(24-2)6-4-13/h3-6,9,16,18H,7-8,10-11H2,1-2H3/b14-9+. The molecule has 1 N–H and O–H groups in total. The van der Waals surface area contributed by atoms with Crippen LogP contribution in [0.25, 0.3) is 6.08 Å². The Balaban J connectivity index is 1.78. The molecule has 1 unspecified atom stereocenters. The fourth-order valence-corrected chi connectivity index (χ4v) is 3.68. The molecular formula is C17H21N5O2S. The van der Waals surface area contributed by atoms with Gasteiger partial charge in [0, 0.05) is 18.7 Å². The molecule has 0 radical (unpaired) electrons. The SMILES string of the molecule is COc1ccc(Cn2nnnc2/C=C2\CNCCC2SC(C)=O)cc1. The number of tetrazole rings is 1. The van der Waals surface area contributed by atoms with Gasteiger partial charge in [-0.15, -0.1) is 5.10 Å². The van der Waals surface area contributed by atoms with Crippen LogP contribution in [0.3, 0.4) is 0 Å². The molecule has 1 aliphatic heterocycles. The van der Waals surface area contributed by atoms with E-state index in [1.165, 1.54) is 11.8 Å². The number of hydrogen-bond acceptors (Lipinski definition) is 7. The third-order valence-electron chi connectivity index (χ3n) is 4.00. The minimum Gasteiger partial charge on any atom is -0.497 e. The summed E-state index contributed by atoms with van der Waals surface area (Å²) < 4.78 is 6.94. The number of nitrogens with one attached hydrogen (secondary N) is 1. The van der Waals surface area contributed by atoms with E-state index in [9.17, 15) is 4.79 Å². The Morgan fingerprint density at radius 3 is 2.96 bits per heavy atom. The van der Waals surface area contributed by atoms with Crippen molar-refractivity contribution in [2.45, 2.75) is 25.1 Å². The Hall–Kier alpha value is -2.19. The Bertz CT molecular complexity index is 757. The first-order valence-electron chi connectivity index (χ1n) is 8.13. The Labute approximate surface area is 150 Å². The minimum absolute atomic E-state index is 0.135. The zero-order valence-electron chi connectivity index (χ0n) is 14.3. The summed E-state index contributed by atoms with van der Waals surface area (Å²) in [6, 6.07) is 7.83. The van der Waals surface area contributed by atoms with Gasteiger partial charge >= 0.3 is 0 Å². The summed E-state index contributed by atoms with van der Waals surface area (Å²) in [6.45, 7) is 3.85. The van der Waals surface area contributed by atoms with Crippen molar-refractivity contribution in [3.05, 3.63) is 41.2 Å². The molecule has 0 bridgehead atoms. The van der Waals surface area contributed by atoms with Gasteiger partial charge in [0.05, 0.1) is 13.7 Å². The van der Waals surface area contributed by atoms with Gasteiger partial charge in [-0.3, -0.25) is 4.79 Å². The van der Waals surface area contributed by atoms with Gasteiger partial charge in [0.15, 0.2) is 10.9 Å². The highest BCUT2D eigenvalue weighted by Gasteiger charge is 2.21. The van der Waals surface area contributed by atoms with E-state index in [0.29, 0.717) is 12.4 Å². The second-order valence-corrected chi connectivity index (χ2v) is 7.21. The highest BCUT2D eigenvalue weighted by Crippen LogP contribution is 2.26. The average molecular weight is 359 g/mol. The molecule has 1 aliphatic rings. The van der Waals surface area contributed by atoms with E-state index in [1.54, 1.807) is 18.7 Å². The predicted molar refractivity (Wildman–Crippen MR) is 97.4 cm³/mol. The molecule has 7 nitrogen and oxygen atoms in total. The maximum Gasteiger partial charge on any atom is 0.186 e. The van der Waals surface area contributed by atoms with Crippen LogP contribution >= 0.6 is 11.8 Å². The summed E-state index contributed by atoms with van der Waals surface area (Å²) in [4.78, 5) is 11.5. The summed E-state index contributed by atoms with van der Waals surface area (Å²) in [7, 11) is 1.65. The molecule has 1 atom stereocenters. The average Bonchev–Trinajstić information content (AvgIpc) is 3.04. The van der Waals surface area contributed by atoms with Crippen LogP contribution in [0.4, 0.5) is 0 Å². The third kappa shape index (κ3) is 4.67. The van der Waals surface area contributed by atoms with Crippen molar-refractivity contribution >= 4 is 23.0 Å². The van der Waals surface area contributed by atoms with Crippen LogP contribution in [0, 0.1) is 0 Å². The topological polar surface area (TPSA) is 81.9 Å². The maximum atomic E-state index is 11.5. The monoisotopic (exact) mass is 359 g/mol. The number of carbonyl (C=O) groups is 1. The molecule has 2 heterocycles. The lowest BCUT2D eigenvalue weighted by molar-refractivity contribution is -0.109. The summed E-state index contributed by atoms with van der Waals surface area (Å²) in [5.41, 5.74) is 2.24. The number of aromatic nitrogens is 4. The normalized spacial score (nSPS) is 19.1. The van der Waals surface area contributed by atoms with Crippen molar-refractivity contribution in [3.8, 4) is 5.75 Å². The van der Waals surface area contributed by atoms with Gasteiger partial charge < -0.3 is 10.1 Å². The van der Waals surface area contributed by atoms with Crippen LogP contribution in [0.1, 0.15) is 24.7 Å². The van der Waals surface area contributed by atoms with Crippen LogP contribution in [0.5, 0.6) is 5.75 Å². The number of rotatable bonds is 5. The van der Waals surface area contributed by atoms with E-state index < -0.39 is 0 Å². The van der Waals surface area contributed by atoms with Crippen LogP contribution in [-0.2, 0) is 11.3 Å². The van der Waals surface area contributed by atoms with Crippen LogP contribution < -0.4 is 10.1 Å². The zero-order valence-corrected chi connectivity index (χ0v) is 15.1. The first-order valence-corrected chi connectivity index (χ1v) is 9.01. The molecule has 2 aromatic rings. The molecule has 132 valence electrons. The highest BCUT2D eigenvalue weighted by molar-refractivity contribution is 8.14. The molecule has 1 aromatic heterocycles. The van der Waals surface area contributed by atoms with E-state index in [1.807, 2.05) is 30.3 Å². The van der Waals surface area contributed by atoms with Crippen molar-refractivity contribution in [3.63, 3.8) is 0 Å². The molecule has 8 heteroatoms. The van der Waals surface area contributed by atoms with Crippen molar-refractivity contribution < 1.29 is 9.53 Å². The second kappa shape index (κ2) is 8.26. The van der Waals surface area contributed by atoms with E-state index >= 15 is 0 Å². The number of methoxy groups -OCH3 is 1. The lowest BCUT2D eigenvalue weighted by Crippen LogP contribution is -2.32. The van der Waals surface area contributed by atoms with Crippen LogP contribution in [-0.4, -0.2) is 50.8 Å². The minimum atomic E-state index is 0.135. The highest BCUT2D eigenvalue weighted by atomic mass is 32.2. The van der Waals surface area contributed by atoms with E-state index in [2.05, 4.69) is 20.8 Å². The molecule has 3 rings (SSSR count). The van der Waals surface area contributed by atoms with E-state index in [-0.39, 0.29) is 10.4 Å². The van der Waals surface area contributed by atoms with Crippen molar-refractivity contribution in [1.82, 2.24) is 25.5 Å². The maximum absolute atomic E-state index is 11.5. The lowest BCUT2D eigenvalue weighted by Gasteiger charge is -2.24. The Kier molecular flexibility index (Phi) is 5.83. The molecule has 1 saturated heterocycles. The Morgan fingerprint density at radius 1 is 1.44 bits per heavy atom. The van der Waals surface area contributed by atoms with Crippen molar-refractivity contribution in [2.75, 3.05) is 20.2 Å². The van der Waals surface area contributed by atoms with Gasteiger partial charge in [-0.25, -0.2) is 4.68 Å². The lowest BCUT2D eigenvalue weighted by atomic mass is 10.1. The molecule has 0 aliphatic carbocycles. The van der Waals surface area contributed by atoms with Gasteiger partial charge in [0.2, 0.25) is 0 Å². The first kappa shape index (κ1) is 17.6. The summed E-state index contributed by atoms with van der Waals surface area (Å²) in [5, 5.41) is 15.7. The molecule has 0 spiro atoms. The fraction of sp³-hybridized carbons (Fsp3) is 0.412. The van der Waals surface area contributed by atoms with Crippen LogP contribution in [0.15, 0.2) is 29.8 Å². The Morgan fingerprint density at radius 2 is 2.24 bits per heavy atom. The largest absolute Gasteiger partial charge is 0.497 e. The van der Waals surface area contributed by atoms with Gasteiger partial charge in [-0.05, 0) is 52.7 Å². The van der Waals surface area contributed by atoms with Gasteiger partial charge in [0.1, 0.15) is 5.75 Å². The smallest absolute Gasteiger partial charge is 0.186 e. The second-order valence-electron chi connectivity index (χ2n) is 5.83. The summed E-state index contributed by atoms with van der Waals surface area (Å²) in [6.07, 6.45) is 2.92. The molecule has 0 amide bonds. The molecule has 1 fully saturated rings. The van der Waals surface area contributed by atoms with Crippen molar-refractivity contribution in [1.29, 1.82) is 0 Å². The van der Waals surface area contributed by atoms with Gasteiger partial charge in [-0.2, -0.15) is 0 Å². The number of benzene rings is 1. The van der Waals surface area contributed by atoms with E-state index in [0.717, 1.165) is 36.4 Å². The van der Waals surface area contributed by atoms with Crippen LogP contribution in [0.2, 0.25) is 0 Å². The van der Waals surface area contributed by atoms with Crippen molar-refractivity contribution in [2.24, 2.45) is 0 Å². The van der Waals surface area contributed by atoms with E-state index in [4.69, 9.17) is 4.74 Å². The quantitative estimate of drug-likeness (QED) is 0.871. The number of ether oxygens (including phenoxy) is 1. The molecule has 0 saturated carbocycles. The molecular weight excluding hydrogens is 338 g/mol. The molecule has 1 aromatic carbocycles. The van der Waals surface area contributed by atoms with Gasteiger partial charge in [-0.1, -0.05) is 23.9 Å². The fourth-order valence-electron chi connectivity index (χ4n) is 2.74.